The number of amides is 2. The molecule has 2 aromatic carbocycles. The van der Waals surface area contributed by atoms with E-state index in [1.807, 2.05) is 0 Å². The van der Waals surface area contributed by atoms with E-state index in [0.717, 1.165) is 6.07 Å². The molecule has 130 valence electrons. The van der Waals surface area contributed by atoms with Gasteiger partial charge in [-0.15, -0.1) is 0 Å². The van der Waals surface area contributed by atoms with Crippen molar-refractivity contribution in [2.24, 2.45) is 0 Å². The standard InChI is InChI=1S/C15H11BrFN3O4S/c16-8-1-3-11(10(17)5-8)20-25(23,24)9-2-4-12-13(6-9)19-15(22)7-14(21)18-12/h1-6,20H,7H2,(H,18,21)(H,19,22). The smallest absolute Gasteiger partial charge is 0.262 e. The molecular weight excluding hydrogens is 417 g/mol. The van der Waals surface area contributed by atoms with Crippen molar-refractivity contribution in [2.75, 3.05) is 15.4 Å². The number of carbonyl (C=O) groups excluding carboxylic acids is 2. The van der Waals surface area contributed by atoms with Gasteiger partial charge in [0.15, 0.2) is 0 Å². The Morgan fingerprint density at radius 1 is 1.00 bits per heavy atom. The first kappa shape index (κ1) is 17.4. The summed E-state index contributed by atoms with van der Waals surface area (Å²) in [6.07, 6.45) is -0.362. The summed E-state index contributed by atoms with van der Waals surface area (Å²) in [4.78, 5) is 22.9. The van der Waals surface area contributed by atoms with Crippen molar-refractivity contribution in [1.82, 2.24) is 0 Å². The molecule has 2 aromatic rings. The zero-order valence-electron chi connectivity index (χ0n) is 12.5. The molecule has 10 heteroatoms. The van der Waals surface area contributed by atoms with Crippen LogP contribution < -0.4 is 15.4 Å². The van der Waals surface area contributed by atoms with Crippen LogP contribution in [0.1, 0.15) is 6.42 Å². The summed E-state index contributed by atoms with van der Waals surface area (Å²) in [6.45, 7) is 0. The zero-order valence-corrected chi connectivity index (χ0v) is 14.9. The van der Waals surface area contributed by atoms with Crippen molar-refractivity contribution in [2.45, 2.75) is 11.3 Å². The zero-order chi connectivity index (χ0) is 18.2. The van der Waals surface area contributed by atoms with Crippen LogP contribution >= 0.6 is 15.9 Å². The molecule has 0 aliphatic carbocycles. The van der Waals surface area contributed by atoms with Crippen molar-refractivity contribution in [3.8, 4) is 0 Å². The molecule has 0 bridgehead atoms. The molecule has 1 aliphatic rings. The molecule has 1 aliphatic heterocycles. The lowest BCUT2D eigenvalue weighted by atomic mass is 10.2. The number of hydrogen-bond acceptors (Lipinski definition) is 4. The van der Waals surface area contributed by atoms with Crippen LogP contribution in [0.4, 0.5) is 21.5 Å². The van der Waals surface area contributed by atoms with Crippen molar-refractivity contribution in [3.63, 3.8) is 0 Å². The highest BCUT2D eigenvalue weighted by Crippen LogP contribution is 2.29. The van der Waals surface area contributed by atoms with E-state index >= 15 is 0 Å². The van der Waals surface area contributed by atoms with Gasteiger partial charge in [0.25, 0.3) is 10.0 Å². The van der Waals surface area contributed by atoms with E-state index in [9.17, 15) is 22.4 Å². The monoisotopic (exact) mass is 427 g/mol. The predicted octanol–water partition coefficient (Wildman–Crippen LogP) is 2.67. The quantitative estimate of drug-likeness (QED) is 0.654. The summed E-state index contributed by atoms with van der Waals surface area (Å²) in [5, 5.41) is 4.95. The van der Waals surface area contributed by atoms with Gasteiger partial charge in [-0.05, 0) is 36.4 Å². The fraction of sp³-hybridized carbons (Fsp3) is 0.0667. The lowest BCUT2D eigenvalue weighted by Gasteiger charge is -2.12. The fourth-order valence-corrected chi connectivity index (χ4v) is 3.64. The second kappa shape index (κ2) is 6.45. The molecule has 1 heterocycles. The van der Waals surface area contributed by atoms with Crippen LogP contribution in [0.3, 0.4) is 0 Å². The van der Waals surface area contributed by atoms with E-state index in [1.54, 1.807) is 0 Å². The third kappa shape index (κ3) is 3.80. The maximum Gasteiger partial charge on any atom is 0.262 e. The molecular formula is C15H11BrFN3O4S. The van der Waals surface area contributed by atoms with E-state index in [-0.39, 0.29) is 28.4 Å². The van der Waals surface area contributed by atoms with Crippen molar-refractivity contribution >= 4 is 54.8 Å². The first-order valence-electron chi connectivity index (χ1n) is 6.96. The third-order valence-corrected chi connectivity index (χ3v) is 5.20. The Balaban J connectivity index is 1.95. The normalized spacial score (nSPS) is 14.2. The molecule has 25 heavy (non-hydrogen) atoms. The van der Waals surface area contributed by atoms with E-state index in [0.29, 0.717) is 4.47 Å². The minimum Gasteiger partial charge on any atom is -0.324 e. The molecule has 0 spiro atoms. The highest BCUT2D eigenvalue weighted by Gasteiger charge is 2.22. The molecule has 3 N–H and O–H groups in total. The lowest BCUT2D eigenvalue weighted by Crippen LogP contribution is -2.16. The molecule has 0 radical (unpaired) electrons. The highest BCUT2D eigenvalue weighted by molar-refractivity contribution is 9.10. The molecule has 0 unspecified atom stereocenters. The first-order valence-corrected chi connectivity index (χ1v) is 9.24. The Kier molecular flexibility index (Phi) is 4.48. The predicted molar refractivity (Wildman–Crippen MR) is 93.2 cm³/mol. The third-order valence-electron chi connectivity index (χ3n) is 3.35. The van der Waals surface area contributed by atoms with Crippen LogP contribution in [0.2, 0.25) is 0 Å². The number of sulfonamides is 1. The van der Waals surface area contributed by atoms with Crippen LogP contribution in [-0.4, -0.2) is 20.2 Å². The van der Waals surface area contributed by atoms with Gasteiger partial charge in [-0.3, -0.25) is 14.3 Å². The van der Waals surface area contributed by atoms with Gasteiger partial charge in [-0.25, -0.2) is 12.8 Å². The van der Waals surface area contributed by atoms with Crippen molar-refractivity contribution in [3.05, 3.63) is 46.7 Å². The van der Waals surface area contributed by atoms with Gasteiger partial charge in [0.05, 0.1) is 22.0 Å². The van der Waals surface area contributed by atoms with E-state index < -0.39 is 27.7 Å². The Labute approximate surface area is 150 Å². The first-order chi connectivity index (χ1) is 11.7. The SMILES string of the molecule is O=C1CC(=O)Nc2cc(S(=O)(=O)Nc3ccc(Br)cc3F)ccc2N1. The molecule has 3 rings (SSSR count). The largest absolute Gasteiger partial charge is 0.324 e. The Bertz CT molecular complexity index is 994. The van der Waals surface area contributed by atoms with Crippen LogP contribution in [0.15, 0.2) is 45.8 Å². The molecule has 2 amide bonds. The Morgan fingerprint density at radius 2 is 1.68 bits per heavy atom. The number of halogens is 2. The molecule has 7 nitrogen and oxygen atoms in total. The van der Waals surface area contributed by atoms with Crippen LogP contribution in [0.25, 0.3) is 0 Å². The van der Waals surface area contributed by atoms with Gasteiger partial charge in [0.2, 0.25) is 11.8 Å². The molecule has 0 fully saturated rings. The fourth-order valence-electron chi connectivity index (χ4n) is 2.21. The molecule has 0 aromatic heterocycles. The maximum atomic E-state index is 13.9. The topological polar surface area (TPSA) is 104 Å². The second-order valence-corrected chi connectivity index (χ2v) is 7.81. The highest BCUT2D eigenvalue weighted by atomic mass is 79.9. The number of hydrogen-bond donors (Lipinski definition) is 3. The number of nitrogens with one attached hydrogen (secondary N) is 3. The van der Waals surface area contributed by atoms with E-state index in [4.69, 9.17) is 0 Å². The van der Waals surface area contributed by atoms with E-state index in [1.165, 1.54) is 30.3 Å². The van der Waals surface area contributed by atoms with Gasteiger partial charge < -0.3 is 10.6 Å². The molecule has 0 atom stereocenters. The summed E-state index contributed by atoms with van der Waals surface area (Å²) >= 11 is 3.09. The van der Waals surface area contributed by atoms with Crippen LogP contribution in [0, 0.1) is 5.82 Å². The van der Waals surface area contributed by atoms with Gasteiger partial charge in [-0.2, -0.15) is 0 Å². The summed E-state index contributed by atoms with van der Waals surface area (Å²) in [7, 11) is -4.09. The average molecular weight is 428 g/mol. The summed E-state index contributed by atoms with van der Waals surface area (Å²) in [5.74, 6) is -1.80. The van der Waals surface area contributed by atoms with E-state index in [2.05, 4.69) is 31.3 Å². The van der Waals surface area contributed by atoms with Crippen molar-refractivity contribution < 1.29 is 22.4 Å². The average Bonchev–Trinajstić information content (AvgIpc) is 2.65. The van der Waals surface area contributed by atoms with Crippen molar-refractivity contribution in [1.29, 1.82) is 0 Å². The number of carbonyl (C=O) groups is 2. The lowest BCUT2D eigenvalue weighted by molar-refractivity contribution is -0.123. The Hall–Kier alpha value is -2.46. The number of benzene rings is 2. The Morgan fingerprint density at radius 3 is 2.36 bits per heavy atom. The van der Waals surface area contributed by atoms with Crippen LogP contribution in [-0.2, 0) is 19.6 Å². The summed E-state index contributed by atoms with van der Waals surface area (Å²) in [5.41, 5.74) is 0.218. The number of anilines is 3. The molecule has 0 saturated carbocycles. The second-order valence-electron chi connectivity index (χ2n) is 5.21. The number of rotatable bonds is 3. The van der Waals surface area contributed by atoms with Gasteiger partial charge in [0, 0.05) is 4.47 Å². The summed E-state index contributed by atoms with van der Waals surface area (Å²) < 4.78 is 41.4. The minimum absolute atomic E-state index is 0.148. The minimum atomic E-state index is -4.09. The van der Waals surface area contributed by atoms with Gasteiger partial charge in [-0.1, -0.05) is 15.9 Å². The summed E-state index contributed by atoms with van der Waals surface area (Å²) in [6, 6.07) is 7.69. The number of fused-ring (bicyclic) bond motifs is 1. The molecule has 0 saturated heterocycles. The van der Waals surface area contributed by atoms with Crippen LogP contribution in [0.5, 0.6) is 0 Å². The maximum absolute atomic E-state index is 13.9. The van der Waals surface area contributed by atoms with Gasteiger partial charge in [0.1, 0.15) is 12.2 Å². The van der Waals surface area contributed by atoms with Gasteiger partial charge >= 0.3 is 0 Å².